The molecule has 0 amide bonds. The summed E-state index contributed by atoms with van der Waals surface area (Å²) in [4.78, 5) is 11.5. The molecule has 120 valence electrons. The number of hydrogen-bond acceptors (Lipinski definition) is 2. The summed E-state index contributed by atoms with van der Waals surface area (Å²) >= 11 is 0. The van der Waals surface area contributed by atoms with Gasteiger partial charge in [0.05, 0.1) is 0 Å². The molecule has 0 spiro atoms. The van der Waals surface area contributed by atoms with Gasteiger partial charge in [-0.3, -0.25) is 4.79 Å². The van der Waals surface area contributed by atoms with Gasteiger partial charge in [0.15, 0.2) is 0 Å². The molecule has 0 aromatic heterocycles. The van der Waals surface area contributed by atoms with Crippen molar-refractivity contribution >= 4 is 16.7 Å². The minimum atomic E-state index is -0.281. The molecule has 0 saturated carbocycles. The molecule has 0 fully saturated rings. The molecular formula is C22H20O2. The third-order valence-electron chi connectivity index (χ3n) is 4.85. The van der Waals surface area contributed by atoms with E-state index in [2.05, 4.69) is 43.3 Å². The normalized spacial score (nSPS) is 15.2. The summed E-state index contributed by atoms with van der Waals surface area (Å²) in [7, 11) is 0. The second-order valence-corrected chi connectivity index (χ2v) is 6.40. The SMILES string of the molecule is CCCC1c2ccccc2-c2cc(OC(C)=O)c3ccccc3c21. The Morgan fingerprint density at radius 2 is 1.71 bits per heavy atom. The van der Waals surface area contributed by atoms with Crippen LogP contribution >= 0.6 is 0 Å². The Morgan fingerprint density at radius 3 is 2.46 bits per heavy atom. The van der Waals surface area contributed by atoms with Gasteiger partial charge in [0, 0.05) is 18.2 Å². The number of benzene rings is 3. The van der Waals surface area contributed by atoms with Gasteiger partial charge in [-0.15, -0.1) is 0 Å². The highest BCUT2D eigenvalue weighted by Crippen LogP contribution is 2.51. The van der Waals surface area contributed by atoms with Gasteiger partial charge in [-0.05, 0) is 40.1 Å². The average molecular weight is 316 g/mol. The Bertz CT molecular complexity index is 940. The fraction of sp³-hybridized carbons (Fsp3) is 0.227. The van der Waals surface area contributed by atoms with Crippen molar-refractivity contribution in [1.82, 2.24) is 0 Å². The zero-order valence-electron chi connectivity index (χ0n) is 14.0. The molecule has 0 radical (unpaired) electrons. The van der Waals surface area contributed by atoms with Crippen LogP contribution in [0.5, 0.6) is 5.75 Å². The Labute approximate surface area is 142 Å². The van der Waals surface area contributed by atoms with Gasteiger partial charge in [0.2, 0.25) is 0 Å². The summed E-state index contributed by atoms with van der Waals surface area (Å²) in [6.45, 7) is 3.69. The second-order valence-electron chi connectivity index (χ2n) is 6.40. The van der Waals surface area contributed by atoms with Gasteiger partial charge in [0.1, 0.15) is 5.75 Å². The van der Waals surface area contributed by atoms with E-state index in [-0.39, 0.29) is 5.97 Å². The molecule has 1 unspecified atom stereocenters. The highest BCUT2D eigenvalue weighted by molar-refractivity contribution is 6.00. The van der Waals surface area contributed by atoms with E-state index in [4.69, 9.17) is 4.74 Å². The Morgan fingerprint density at radius 1 is 1.00 bits per heavy atom. The standard InChI is InChI=1S/C22H20O2/c1-3-8-18-15-9-4-5-10-16(15)20-13-21(24-14(2)23)17-11-6-7-12-19(17)22(18)20/h4-7,9-13,18H,3,8H2,1-2H3. The van der Waals surface area contributed by atoms with Crippen LogP contribution in [0.15, 0.2) is 54.6 Å². The van der Waals surface area contributed by atoms with Gasteiger partial charge >= 0.3 is 5.97 Å². The topological polar surface area (TPSA) is 26.3 Å². The highest BCUT2D eigenvalue weighted by Gasteiger charge is 2.30. The smallest absolute Gasteiger partial charge is 0.308 e. The van der Waals surface area contributed by atoms with Crippen LogP contribution < -0.4 is 4.74 Å². The summed E-state index contributed by atoms with van der Waals surface area (Å²) in [6.07, 6.45) is 2.26. The monoisotopic (exact) mass is 316 g/mol. The van der Waals surface area contributed by atoms with Crippen molar-refractivity contribution in [3.8, 4) is 16.9 Å². The molecule has 4 rings (SSSR count). The van der Waals surface area contributed by atoms with E-state index in [1.807, 2.05) is 18.2 Å². The summed E-state index contributed by atoms with van der Waals surface area (Å²) in [5.41, 5.74) is 5.24. The predicted molar refractivity (Wildman–Crippen MR) is 97.4 cm³/mol. The van der Waals surface area contributed by atoms with Crippen LogP contribution in [0, 0.1) is 0 Å². The van der Waals surface area contributed by atoms with Gasteiger partial charge in [0.25, 0.3) is 0 Å². The first-order valence-electron chi connectivity index (χ1n) is 8.54. The van der Waals surface area contributed by atoms with Crippen LogP contribution in [0.2, 0.25) is 0 Å². The molecule has 1 atom stereocenters. The van der Waals surface area contributed by atoms with E-state index in [1.54, 1.807) is 0 Å². The summed E-state index contributed by atoms with van der Waals surface area (Å²) < 4.78 is 5.52. The molecule has 1 aliphatic rings. The molecule has 3 aromatic carbocycles. The Balaban J connectivity index is 2.06. The van der Waals surface area contributed by atoms with Crippen LogP contribution in [0.3, 0.4) is 0 Å². The highest BCUT2D eigenvalue weighted by atomic mass is 16.5. The first kappa shape index (κ1) is 14.9. The maximum absolute atomic E-state index is 11.5. The number of hydrogen-bond donors (Lipinski definition) is 0. The average Bonchev–Trinajstić information content (AvgIpc) is 2.89. The van der Waals surface area contributed by atoms with E-state index in [1.165, 1.54) is 34.6 Å². The van der Waals surface area contributed by atoms with Crippen molar-refractivity contribution in [3.05, 3.63) is 65.7 Å². The fourth-order valence-electron chi connectivity index (χ4n) is 3.99. The molecule has 24 heavy (non-hydrogen) atoms. The largest absolute Gasteiger partial charge is 0.426 e. The van der Waals surface area contributed by atoms with Crippen molar-refractivity contribution in [2.24, 2.45) is 0 Å². The van der Waals surface area contributed by atoms with Crippen LogP contribution in [-0.4, -0.2) is 5.97 Å². The molecule has 0 N–H and O–H groups in total. The lowest BCUT2D eigenvalue weighted by atomic mass is 9.89. The van der Waals surface area contributed by atoms with Crippen molar-refractivity contribution in [2.45, 2.75) is 32.6 Å². The second kappa shape index (κ2) is 5.79. The maximum atomic E-state index is 11.5. The summed E-state index contributed by atoms with van der Waals surface area (Å²) in [5.74, 6) is 0.790. The van der Waals surface area contributed by atoms with Crippen LogP contribution in [0.1, 0.15) is 43.7 Å². The lowest BCUT2D eigenvalue weighted by molar-refractivity contribution is -0.131. The van der Waals surface area contributed by atoms with Crippen LogP contribution in [0.4, 0.5) is 0 Å². The Hall–Kier alpha value is -2.61. The van der Waals surface area contributed by atoms with Gasteiger partial charge < -0.3 is 4.74 Å². The first-order valence-corrected chi connectivity index (χ1v) is 8.54. The Kier molecular flexibility index (Phi) is 3.61. The quantitative estimate of drug-likeness (QED) is 0.459. The lowest BCUT2D eigenvalue weighted by Crippen LogP contribution is -2.03. The molecule has 3 aromatic rings. The van der Waals surface area contributed by atoms with Crippen LogP contribution in [-0.2, 0) is 4.79 Å². The van der Waals surface area contributed by atoms with E-state index >= 15 is 0 Å². The zero-order valence-corrected chi connectivity index (χ0v) is 14.0. The number of carbonyl (C=O) groups excluding carboxylic acids is 1. The maximum Gasteiger partial charge on any atom is 0.308 e. The molecule has 0 saturated heterocycles. The molecule has 2 heteroatoms. The van der Waals surface area contributed by atoms with Crippen molar-refractivity contribution < 1.29 is 9.53 Å². The van der Waals surface area contributed by atoms with E-state index in [0.717, 1.165) is 18.2 Å². The minimum Gasteiger partial charge on any atom is -0.426 e. The van der Waals surface area contributed by atoms with Crippen molar-refractivity contribution in [2.75, 3.05) is 0 Å². The fourth-order valence-corrected chi connectivity index (χ4v) is 3.99. The van der Waals surface area contributed by atoms with Crippen molar-refractivity contribution in [3.63, 3.8) is 0 Å². The summed E-state index contributed by atoms with van der Waals surface area (Å²) in [6, 6.07) is 18.9. The third-order valence-corrected chi connectivity index (χ3v) is 4.85. The number of esters is 1. The summed E-state index contributed by atoms with van der Waals surface area (Å²) in [5, 5.41) is 2.21. The molecule has 2 nitrogen and oxygen atoms in total. The van der Waals surface area contributed by atoms with E-state index < -0.39 is 0 Å². The van der Waals surface area contributed by atoms with Crippen LogP contribution in [0.25, 0.3) is 21.9 Å². The van der Waals surface area contributed by atoms with Gasteiger partial charge in [-0.2, -0.15) is 0 Å². The lowest BCUT2D eigenvalue weighted by Gasteiger charge is -2.16. The van der Waals surface area contributed by atoms with Gasteiger partial charge in [-0.25, -0.2) is 0 Å². The van der Waals surface area contributed by atoms with Crippen molar-refractivity contribution in [1.29, 1.82) is 0 Å². The number of fused-ring (bicyclic) bond motifs is 5. The molecule has 0 heterocycles. The molecule has 0 bridgehead atoms. The van der Waals surface area contributed by atoms with Gasteiger partial charge in [-0.1, -0.05) is 61.9 Å². The zero-order chi connectivity index (χ0) is 16.7. The number of ether oxygens (including phenoxy) is 1. The first-order chi connectivity index (χ1) is 11.7. The molecular weight excluding hydrogens is 296 g/mol. The molecule has 1 aliphatic carbocycles. The van der Waals surface area contributed by atoms with E-state index in [9.17, 15) is 4.79 Å². The number of carbonyl (C=O) groups is 1. The van der Waals surface area contributed by atoms with E-state index in [0.29, 0.717) is 11.7 Å². The number of rotatable bonds is 3. The minimum absolute atomic E-state index is 0.281. The molecule has 0 aliphatic heterocycles. The predicted octanol–water partition coefficient (Wildman–Crippen LogP) is 5.68. The third kappa shape index (κ3) is 2.22.